The molecule has 15 heavy (non-hydrogen) atoms. The van der Waals surface area contributed by atoms with Gasteiger partial charge in [-0.05, 0) is 43.5 Å². The number of aryl methyl sites for hydroxylation is 2. The Bertz CT molecular complexity index is 378. The molecule has 0 fully saturated rings. The lowest BCUT2D eigenvalue weighted by molar-refractivity contribution is -0.137. The molecule has 0 saturated heterocycles. The van der Waals surface area contributed by atoms with Crippen molar-refractivity contribution in [1.29, 1.82) is 0 Å². The normalized spacial score (nSPS) is 10.6. The number of hydrogen-bond donors (Lipinski definition) is 0. The van der Waals surface area contributed by atoms with Gasteiger partial charge in [0.05, 0.1) is 6.61 Å². The van der Waals surface area contributed by atoms with E-state index in [0.29, 0.717) is 6.61 Å². The van der Waals surface area contributed by atoms with Crippen LogP contribution in [-0.4, -0.2) is 12.6 Å². The van der Waals surface area contributed by atoms with E-state index in [0.717, 1.165) is 5.56 Å². The lowest BCUT2D eigenvalue weighted by atomic mass is 10.1. The van der Waals surface area contributed by atoms with E-state index in [-0.39, 0.29) is 5.97 Å². The summed E-state index contributed by atoms with van der Waals surface area (Å²) in [6.07, 6.45) is 3.22. The van der Waals surface area contributed by atoms with Crippen molar-refractivity contribution >= 4 is 12.0 Å². The maximum absolute atomic E-state index is 11.1. The number of esters is 1. The SMILES string of the molecule is CCOC(=O)/C=C/c1ccc(C)c(C)c1. The van der Waals surface area contributed by atoms with Crippen LogP contribution in [0.2, 0.25) is 0 Å². The Morgan fingerprint density at radius 2 is 2.07 bits per heavy atom. The van der Waals surface area contributed by atoms with Crippen molar-refractivity contribution in [3.63, 3.8) is 0 Å². The van der Waals surface area contributed by atoms with Crippen LogP contribution in [0.5, 0.6) is 0 Å². The Morgan fingerprint density at radius 3 is 2.67 bits per heavy atom. The zero-order chi connectivity index (χ0) is 11.3. The molecule has 0 spiro atoms. The Morgan fingerprint density at radius 1 is 1.33 bits per heavy atom. The Balaban J connectivity index is 2.72. The highest BCUT2D eigenvalue weighted by Crippen LogP contribution is 2.10. The van der Waals surface area contributed by atoms with Gasteiger partial charge in [-0.25, -0.2) is 4.79 Å². The largest absolute Gasteiger partial charge is 0.463 e. The fourth-order valence-corrected chi connectivity index (χ4v) is 1.22. The minimum absolute atomic E-state index is 0.296. The Kier molecular flexibility index (Phi) is 4.10. The van der Waals surface area contributed by atoms with E-state index in [2.05, 4.69) is 13.8 Å². The molecule has 0 unspecified atom stereocenters. The van der Waals surface area contributed by atoms with E-state index in [1.54, 1.807) is 13.0 Å². The summed E-state index contributed by atoms with van der Waals surface area (Å²) in [5.41, 5.74) is 3.50. The molecule has 0 amide bonds. The van der Waals surface area contributed by atoms with E-state index in [1.165, 1.54) is 17.2 Å². The first-order chi connectivity index (χ1) is 7.13. The summed E-state index contributed by atoms with van der Waals surface area (Å²) in [4.78, 5) is 11.1. The number of carbonyl (C=O) groups is 1. The third kappa shape index (κ3) is 3.58. The van der Waals surface area contributed by atoms with E-state index < -0.39 is 0 Å². The highest BCUT2D eigenvalue weighted by atomic mass is 16.5. The Hall–Kier alpha value is -1.57. The average Bonchev–Trinajstić information content (AvgIpc) is 2.20. The molecule has 0 radical (unpaired) electrons. The van der Waals surface area contributed by atoms with Gasteiger partial charge in [-0.2, -0.15) is 0 Å². The lowest BCUT2D eigenvalue weighted by Crippen LogP contribution is -1.98. The van der Waals surface area contributed by atoms with Crippen molar-refractivity contribution < 1.29 is 9.53 Å². The van der Waals surface area contributed by atoms with Crippen LogP contribution in [0.4, 0.5) is 0 Å². The summed E-state index contributed by atoms with van der Waals surface area (Å²) < 4.78 is 4.79. The van der Waals surface area contributed by atoms with Gasteiger partial charge >= 0.3 is 5.97 Å². The summed E-state index contributed by atoms with van der Waals surface area (Å²) in [5.74, 6) is -0.296. The fourth-order valence-electron chi connectivity index (χ4n) is 1.22. The maximum atomic E-state index is 11.1. The standard InChI is InChI=1S/C13H16O2/c1-4-15-13(14)8-7-12-6-5-10(2)11(3)9-12/h5-9H,4H2,1-3H3/b8-7+. The molecule has 0 aromatic heterocycles. The van der Waals surface area contributed by atoms with Gasteiger partial charge in [0.25, 0.3) is 0 Å². The monoisotopic (exact) mass is 204 g/mol. The highest BCUT2D eigenvalue weighted by molar-refractivity contribution is 5.87. The van der Waals surface area contributed by atoms with Gasteiger partial charge in [0.2, 0.25) is 0 Å². The van der Waals surface area contributed by atoms with E-state index >= 15 is 0 Å². The van der Waals surface area contributed by atoms with Crippen molar-refractivity contribution in [2.45, 2.75) is 20.8 Å². The summed E-state index contributed by atoms with van der Waals surface area (Å²) in [5, 5.41) is 0. The number of benzene rings is 1. The third-order valence-corrected chi connectivity index (χ3v) is 2.23. The predicted octanol–water partition coefficient (Wildman–Crippen LogP) is 2.88. The molecule has 1 rings (SSSR count). The molecule has 2 heteroatoms. The minimum Gasteiger partial charge on any atom is -0.463 e. The lowest BCUT2D eigenvalue weighted by Gasteiger charge is -2.00. The molecule has 0 aliphatic carbocycles. The average molecular weight is 204 g/mol. The van der Waals surface area contributed by atoms with Crippen molar-refractivity contribution in [1.82, 2.24) is 0 Å². The Labute approximate surface area is 90.6 Å². The molecular weight excluding hydrogens is 188 g/mol. The second kappa shape index (κ2) is 5.35. The molecule has 0 aliphatic heterocycles. The van der Waals surface area contributed by atoms with Crippen LogP contribution in [0.15, 0.2) is 24.3 Å². The van der Waals surface area contributed by atoms with Crippen LogP contribution in [0.3, 0.4) is 0 Å². The first kappa shape index (κ1) is 11.5. The van der Waals surface area contributed by atoms with Crippen LogP contribution in [-0.2, 0) is 9.53 Å². The van der Waals surface area contributed by atoms with Crippen molar-refractivity contribution in [3.8, 4) is 0 Å². The molecule has 0 saturated carbocycles. The fraction of sp³-hybridized carbons (Fsp3) is 0.308. The van der Waals surface area contributed by atoms with Crippen LogP contribution in [0, 0.1) is 13.8 Å². The smallest absolute Gasteiger partial charge is 0.330 e. The minimum atomic E-state index is -0.296. The van der Waals surface area contributed by atoms with E-state index in [4.69, 9.17) is 4.74 Å². The zero-order valence-corrected chi connectivity index (χ0v) is 9.41. The summed E-state index contributed by atoms with van der Waals surface area (Å²) in [7, 11) is 0. The second-order valence-corrected chi connectivity index (χ2v) is 3.43. The second-order valence-electron chi connectivity index (χ2n) is 3.43. The van der Waals surface area contributed by atoms with Gasteiger partial charge in [0.15, 0.2) is 0 Å². The van der Waals surface area contributed by atoms with Crippen molar-refractivity contribution in [3.05, 3.63) is 41.0 Å². The number of carbonyl (C=O) groups excluding carboxylic acids is 1. The van der Waals surface area contributed by atoms with Crippen LogP contribution < -0.4 is 0 Å². The third-order valence-electron chi connectivity index (χ3n) is 2.23. The van der Waals surface area contributed by atoms with Gasteiger partial charge < -0.3 is 4.74 Å². The van der Waals surface area contributed by atoms with Crippen molar-refractivity contribution in [2.75, 3.05) is 6.61 Å². The van der Waals surface area contributed by atoms with Gasteiger partial charge in [-0.1, -0.05) is 18.2 Å². The number of ether oxygens (including phenoxy) is 1. The molecule has 2 nitrogen and oxygen atoms in total. The van der Waals surface area contributed by atoms with E-state index in [1.807, 2.05) is 18.2 Å². The molecule has 0 N–H and O–H groups in total. The molecule has 0 heterocycles. The molecule has 0 bridgehead atoms. The van der Waals surface area contributed by atoms with E-state index in [9.17, 15) is 4.79 Å². The summed E-state index contributed by atoms with van der Waals surface area (Å²) in [6.45, 7) is 6.32. The molecule has 1 aromatic rings. The van der Waals surface area contributed by atoms with Crippen LogP contribution in [0.1, 0.15) is 23.6 Å². The van der Waals surface area contributed by atoms with Crippen LogP contribution >= 0.6 is 0 Å². The summed E-state index contributed by atoms with van der Waals surface area (Å²) in [6, 6.07) is 6.07. The molecular formula is C13H16O2. The molecule has 80 valence electrons. The van der Waals surface area contributed by atoms with Gasteiger partial charge in [-0.15, -0.1) is 0 Å². The zero-order valence-electron chi connectivity index (χ0n) is 9.41. The van der Waals surface area contributed by atoms with Gasteiger partial charge in [0.1, 0.15) is 0 Å². The predicted molar refractivity (Wildman–Crippen MR) is 61.6 cm³/mol. The maximum Gasteiger partial charge on any atom is 0.330 e. The number of rotatable bonds is 3. The quantitative estimate of drug-likeness (QED) is 0.559. The highest BCUT2D eigenvalue weighted by Gasteiger charge is 1.95. The summed E-state index contributed by atoms with van der Waals surface area (Å²) >= 11 is 0. The van der Waals surface area contributed by atoms with Gasteiger partial charge in [0, 0.05) is 6.08 Å². The van der Waals surface area contributed by atoms with Crippen LogP contribution in [0.25, 0.3) is 6.08 Å². The first-order valence-electron chi connectivity index (χ1n) is 5.05. The molecule has 0 atom stereocenters. The van der Waals surface area contributed by atoms with Crippen molar-refractivity contribution in [2.24, 2.45) is 0 Å². The number of hydrogen-bond acceptors (Lipinski definition) is 2. The molecule has 0 aliphatic rings. The first-order valence-corrected chi connectivity index (χ1v) is 5.05. The van der Waals surface area contributed by atoms with Gasteiger partial charge in [-0.3, -0.25) is 0 Å². The topological polar surface area (TPSA) is 26.3 Å². The molecule has 1 aromatic carbocycles.